The lowest BCUT2D eigenvalue weighted by Crippen LogP contribution is -2.54. The molecular formula is C18H18N2O6. The van der Waals surface area contributed by atoms with Crippen LogP contribution in [0.3, 0.4) is 0 Å². The Morgan fingerprint density at radius 2 is 1.96 bits per heavy atom. The number of hydrogen-bond donors (Lipinski definition) is 1. The fourth-order valence-corrected chi connectivity index (χ4v) is 3.14. The van der Waals surface area contributed by atoms with Gasteiger partial charge in [0.05, 0.1) is 11.1 Å². The van der Waals surface area contributed by atoms with E-state index >= 15 is 0 Å². The van der Waals surface area contributed by atoms with Gasteiger partial charge in [0, 0.05) is 6.42 Å². The summed E-state index contributed by atoms with van der Waals surface area (Å²) in [6.45, 7) is 1.92. The number of rotatable bonds is 6. The first-order valence-electron chi connectivity index (χ1n) is 8.43. The minimum Gasteiger partial charge on any atom is -0.483 e. The van der Waals surface area contributed by atoms with Gasteiger partial charge in [-0.05, 0) is 31.0 Å². The van der Waals surface area contributed by atoms with E-state index in [1.54, 1.807) is 0 Å². The molecule has 0 radical (unpaired) electrons. The SMILES string of the molecule is CCCC(C=O)Oc1ccc2c(c1)C(=O)N(C1CCC(=O)NC1=O)C2=O. The van der Waals surface area contributed by atoms with Gasteiger partial charge >= 0.3 is 0 Å². The van der Waals surface area contributed by atoms with Gasteiger partial charge < -0.3 is 4.74 Å². The Kier molecular flexibility index (Phi) is 4.83. The lowest BCUT2D eigenvalue weighted by Gasteiger charge is -2.27. The van der Waals surface area contributed by atoms with Gasteiger partial charge in [0.25, 0.3) is 11.8 Å². The summed E-state index contributed by atoms with van der Waals surface area (Å²) >= 11 is 0. The monoisotopic (exact) mass is 358 g/mol. The first-order valence-corrected chi connectivity index (χ1v) is 8.43. The van der Waals surface area contributed by atoms with Crippen molar-refractivity contribution in [2.24, 2.45) is 0 Å². The van der Waals surface area contributed by atoms with Crippen LogP contribution in [0.25, 0.3) is 0 Å². The Balaban J connectivity index is 1.85. The largest absolute Gasteiger partial charge is 0.483 e. The molecule has 0 aromatic heterocycles. The predicted octanol–water partition coefficient (Wildman–Crippen LogP) is 0.834. The fourth-order valence-electron chi connectivity index (χ4n) is 3.14. The highest BCUT2D eigenvalue weighted by atomic mass is 16.5. The van der Waals surface area contributed by atoms with Crippen molar-refractivity contribution in [2.75, 3.05) is 0 Å². The second-order valence-corrected chi connectivity index (χ2v) is 6.24. The minimum absolute atomic E-state index is 0.0657. The van der Waals surface area contributed by atoms with E-state index in [2.05, 4.69) is 5.32 Å². The summed E-state index contributed by atoms with van der Waals surface area (Å²) in [6, 6.07) is 3.37. The molecule has 2 aliphatic rings. The molecule has 2 unspecified atom stereocenters. The van der Waals surface area contributed by atoms with Crippen LogP contribution < -0.4 is 10.1 Å². The van der Waals surface area contributed by atoms with Crippen LogP contribution in [0.5, 0.6) is 5.75 Å². The number of carbonyl (C=O) groups is 5. The van der Waals surface area contributed by atoms with Crippen molar-refractivity contribution in [3.63, 3.8) is 0 Å². The maximum absolute atomic E-state index is 12.7. The smallest absolute Gasteiger partial charge is 0.262 e. The molecule has 136 valence electrons. The van der Waals surface area contributed by atoms with Crippen molar-refractivity contribution >= 4 is 29.9 Å². The zero-order valence-corrected chi connectivity index (χ0v) is 14.2. The third kappa shape index (κ3) is 3.10. The molecule has 0 spiro atoms. The number of ether oxygens (including phenoxy) is 1. The summed E-state index contributed by atoms with van der Waals surface area (Å²) in [7, 11) is 0. The van der Waals surface area contributed by atoms with Gasteiger partial charge in [-0.15, -0.1) is 0 Å². The quantitative estimate of drug-likeness (QED) is 0.596. The molecule has 3 rings (SSSR count). The Morgan fingerprint density at radius 1 is 1.23 bits per heavy atom. The Bertz CT molecular complexity index is 803. The highest BCUT2D eigenvalue weighted by Crippen LogP contribution is 2.30. The van der Waals surface area contributed by atoms with Gasteiger partial charge in [-0.2, -0.15) is 0 Å². The molecule has 2 aliphatic heterocycles. The standard InChI is InChI=1S/C18H18N2O6/c1-2-3-11(9-21)26-10-4-5-12-13(8-10)18(25)20(17(12)24)14-6-7-15(22)19-16(14)23/h4-5,8-9,11,14H,2-3,6-7H2,1H3,(H,19,22,23). The number of carbonyl (C=O) groups excluding carboxylic acids is 5. The maximum atomic E-state index is 12.7. The molecule has 1 aromatic carbocycles. The average Bonchev–Trinajstić information content (AvgIpc) is 2.86. The average molecular weight is 358 g/mol. The van der Waals surface area contributed by atoms with Crippen LogP contribution in [0.15, 0.2) is 18.2 Å². The number of nitrogens with zero attached hydrogens (tertiary/aromatic N) is 1. The van der Waals surface area contributed by atoms with Crippen molar-refractivity contribution in [3.05, 3.63) is 29.3 Å². The molecule has 2 atom stereocenters. The molecule has 8 heteroatoms. The summed E-state index contributed by atoms with van der Waals surface area (Å²) in [5, 5.41) is 2.15. The molecule has 0 bridgehead atoms. The summed E-state index contributed by atoms with van der Waals surface area (Å²) < 4.78 is 5.55. The molecule has 8 nitrogen and oxygen atoms in total. The van der Waals surface area contributed by atoms with Gasteiger partial charge in [0.2, 0.25) is 11.8 Å². The number of aldehydes is 1. The zero-order valence-electron chi connectivity index (χ0n) is 14.2. The van der Waals surface area contributed by atoms with Crippen molar-refractivity contribution in [1.29, 1.82) is 0 Å². The number of piperidine rings is 1. The molecule has 1 fully saturated rings. The topological polar surface area (TPSA) is 110 Å². The molecule has 2 heterocycles. The van der Waals surface area contributed by atoms with Crippen LogP contribution in [0, 0.1) is 0 Å². The minimum atomic E-state index is -1.01. The summed E-state index contributed by atoms with van der Waals surface area (Å²) in [5.74, 6) is -1.96. The number of hydrogen-bond acceptors (Lipinski definition) is 6. The van der Waals surface area contributed by atoms with Crippen LogP contribution in [-0.4, -0.2) is 47.0 Å². The molecule has 1 N–H and O–H groups in total. The van der Waals surface area contributed by atoms with E-state index in [0.717, 1.165) is 11.3 Å². The Labute approximate surface area is 149 Å². The van der Waals surface area contributed by atoms with E-state index < -0.39 is 35.8 Å². The second kappa shape index (κ2) is 7.07. The molecule has 26 heavy (non-hydrogen) atoms. The lowest BCUT2D eigenvalue weighted by molar-refractivity contribution is -0.136. The molecular weight excluding hydrogens is 340 g/mol. The summed E-state index contributed by atoms with van der Waals surface area (Å²) in [5.41, 5.74) is 0.295. The van der Waals surface area contributed by atoms with Crippen molar-refractivity contribution < 1.29 is 28.7 Å². The lowest BCUT2D eigenvalue weighted by atomic mass is 10.0. The molecule has 0 aliphatic carbocycles. The van der Waals surface area contributed by atoms with Crippen molar-refractivity contribution in [1.82, 2.24) is 10.2 Å². The number of fused-ring (bicyclic) bond motifs is 1. The van der Waals surface area contributed by atoms with E-state index in [0.29, 0.717) is 18.5 Å². The van der Waals surface area contributed by atoms with Crippen molar-refractivity contribution in [3.8, 4) is 5.75 Å². The number of nitrogens with one attached hydrogen (secondary N) is 1. The first kappa shape index (κ1) is 17.8. The van der Waals surface area contributed by atoms with Crippen LogP contribution >= 0.6 is 0 Å². The van der Waals surface area contributed by atoms with Crippen LogP contribution in [0.4, 0.5) is 0 Å². The van der Waals surface area contributed by atoms with Gasteiger partial charge in [-0.25, -0.2) is 0 Å². The normalized spacial score (nSPS) is 20.7. The van der Waals surface area contributed by atoms with Gasteiger partial charge in [-0.3, -0.25) is 34.2 Å². The molecule has 4 amide bonds. The van der Waals surface area contributed by atoms with E-state index in [-0.39, 0.29) is 24.0 Å². The van der Waals surface area contributed by atoms with Gasteiger partial charge in [0.15, 0.2) is 12.4 Å². The van der Waals surface area contributed by atoms with E-state index in [1.165, 1.54) is 18.2 Å². The molecule has 1 saturated heterocycles. The summed E-state index contributed by atoms with van der Waals surface area (Å²) in [6.07, 6.45) is 1.53. The van der Waals surface area contributed by atoms with E-state index in [1.807, 2.05) is 6.92 Å². The molecule has 1 aromatic rings. The number of imide groups is 2. The van der Waals surface area contributed by atoms with E-state index in [4.69, 9.17) is 4.74 Å². The van der Waals surface area contributed by atoms with Crippen LogP contribution in [0.2, 0.25) is 0 Å². The number of amides is 4. The maximum Gasteiger partial charge on any atom is 0.262 e. The van der Waals surface area contributed by atoms with E-state index in [9.17, 15) is 24.0 Å². The third-order valence-electron chi connectivity index (χ3n) is 4.42. The van der Waals surface area contributed by atoms with Gasteiger partial charge in [-0.1, -0.05) is 13.3 Å². The highest BCUT2D eigenvalue weighted by molar-refractivity contribution is 6.23. The zero-order chi connectivity index (χ0) is 18.8. The fraction of sp³-hybridized carbons (Fsp3) is 0.389. The summed E-state index contributed by atoms with van der Waals surface area (Å²) in [4.78, 5) is 60.5. The third-order valence-corrected chi connectivity index (χ3v) is 4.42. The Hall–Kier alpha value is -3.03. The molecule has 0 saturated carbocycles. The van der Waals surface area contributed by atoms with Crippen LogP contribution in [0.1, 0.15) is 53.3 Å². The Morgan fingerprint density at radius 3 is 2.62 bits per heavy atom. The van der Waals surface area contributed by atoms with Gasteiger partial charge in [0.1, 0.15) is 11.8 Å². The highest BCUT2D eigenvalue weighted by Gasteiger charge is 2.44. The second-order valence-electron chi connectivity index (χ2n) is 6.24. The van der Waals surface area contributed by atoms with Crippen molar-refractivity contribution in [2.45, 2.75) is 44.8 Å². The number of benzene rings is 1. The predicted molar refractivity (Wildman–Crippen MR) is 88.5 cm³/mol. The van der Waals surface area contributed by atoms with Crippen LogP contribution in [-0.2, 0) is 14.4 Å². The first-order chi connectivity index (χ1) is 12.5.